The van der Waals surface area contributed by atoms with Crippen molar-refractivity contribution in [1.82, 2.24) is 0 Å². The second-order valence-electron chi connectivity index (χ2n) is 6.94. The highest BCUT2D eigenvalue weighted by Crippen LogP contribution is 2.35. The van der Waals surface area contributed by atoms with E-state index < -0.39 is 11.0 Å². The van der Waals surface area contributed by atoms with Crippen LogP contribution in [0.5, 0.6) is 0 Å². The van der Waals surface area contributed by atoms with Crippen molar-refractivity contribution in [2.45, 2.75) is 39.4 Å². The van der Waals surface area contributed by atoms with E-state index in [2.05, 4.69) is 52.6 Å². The van der Waals surface area contributed by atoms with Gasteiger partial charge in [-0.1, -0.05) is 12.0 Å². The Balaban J connectivity index is 2.13. The van der Waals surface area contributed by atoms with E-state index in [4.69, 9.17) is 0 Å². The lowest BCUT2D eigenvalue weighted by molar-refractivity contribution is 0.650. The lowest BCUT2D eigenvalue weighted by atomic mass is 10.1. The standard InChI is InChI=1S/C21H21NOS2/c1-6-7-15-8-10-19-17(12-15)18-13-16(9-11-20(18)24-19)14(2)22-25(23)21(3,4)5/h8-13H,1-5H3/b22-14+/t25-/m1/s1. The average Bonchev–Trinajstić information content (AvgIpc) is 2.91. The van der Waals surface area contributed by atoms with E-state index in [0.717, 1.165) is 16.8 Å². The Kier molecular flexibility index (Phi) is 4.81. The third kappa shape index (κ3) is 3.68. The molecular formula is C21H21NOS2. The molecule has 128 valence electrons. The van der Waals surface area contributed by atoms with Gasteiger partial charge in [-0.05, 0) is 70.5 Å². The van der Waals surface area contributed by atoms with Crippen molar-refractivity contribution in [3.8, 4) is 11.8 Å². The fourth-order valence-electron chi connectivity index (χ4n) is 2.54. The van der Waals surface area contributed by atoms with Gasteiger partial charge in [0.1, 0.15) is 11.0 Å². The maximum Gasteiger partial charge on any atom is 0.145 e. The monoisotopic (exact) mass is 367 g/mol. The minimum atomic E-state index is -1.25. The topological polar surface area (TPSA) is 29.4 Å². The molecule has 0 N–H and O–H groups in total. The van der Waals surface area contributed by atoms with E-state index in [1.165, 1.54) is 20.2 Å². The van der Waals surface area contributed by atoms with Crippen molar-refractivity contribution in [2.24, 2.45) is 4.40 Å². The van der Waals surface area contributed by atoms with Crippen LogP contribution >= 0.6 is 11.3 Å². The van der Waals surface area contributed by atoms with Gasteiger partial charge in [0.15, 0.2) is 0 Å². The molecule has 0 spiro atoms. The van der Waals surface area contributed by atoms with E-state index in [-0.39, 0.29) is 4.75 Å². The van der Waals surface area contributed by atoms with Crippen LogP contribution in [0, 0.1) is 11.8 Å². The van der Waals surface area contributed by atoms with Crippen molar-refractivity contribution in [1.29, 1.82) is 0 Å². The smallest absolute Gasteiger partial charge is 0.145 e. The lowest BCUT2D eigenvalue weighted by Crippen LogP contribution is -2.20. The van der Waals surface area contributed by atoms with Crippen molar-refractivity contribution in [3.63, 3.8) is 0 Å². The molecule has 25 heavy (non-hydrogen) atoms. The zero-order chi connectivity index (χ0) is 18.2. The van der Waals surface area contributed by atoms with Crippen molar-refractivity contribution >= 4 is 48.2 Å². The lowest BCUT2D eigenvalue weighted by Gasteiger charge is -2.14. The normalized spacial score (nSPS) is 13.7. The molecule has 3 rings (SSSR count). The summed E-state index contributed by atoms with van der Waals surface area (Å²) in [5.74, 6) is 6.08. The average molecular weight is 368 g/mol. The molecule has 0 aliphatic rings. The molecular weight excluding hydrogens is 346 g/mol. The molecule has 4 heteroatoms. The minimum Gasteiger partial charge on any atom is -0.234 e. The van der Waals surface area contributed by atoms with Gasteiger partial charge in [0.2, 0.25) is 0 Å². The summed E-state index contributed by atoms with van der Waals surface area (Å²) in [6.45, 7) is 9.58. The number of thiophene rings is 1. The molecule has 0 saturated carbocycles. The molecule has 1 heterocycles. The molecule has 1 atom stereocenters. The minimum absolute atomic E-state index is 0.353. The SMILES string of the molecule is CC#Cc1ccc2sc3ccc(/C(C)=N/[S@](=O)C(C)(C)C)cc3c2c1. The number of hydrogen-bond donors (Lipinski definition) is 0. The molecule has 0 radical (unpaired) electrons. The fraction of sp³-hybridized carbons (Fsp3) is 0.286. The Morgan fingerprint density at radius 1 is 1.08 bits per heavy atom. The van der Waals surface area contributed by atoms with Crippen LogP contribution in [0.15, 0.2) is 40.8 Å². The van der Waals surface area contributed by atoms with Gasteiger partial charge in [0.05, 0.1) is 10.5 Å². The van der Waals surface area contributed by atoms with Gasteiger partial charge >= 0.3 is 0 Å². The van der Waals surface area contributed by atoms with E-state index >= 15 is 0 Å². The van der Waals surface area contributed by atoms with Crippen molar-refractivity contribution < 1.29 is 4.21 Å². The summed E-state index contributed by atoms with van der Waals surface area (Å²) in [5, 5.41) is 2.42. The number of hydrogen-bond acceptors (Lipinski definition) is 2. The Bertz CT molecular complexity index is 1070. The fourth-order valence-corrected chi connectivity index (χ4v) is 4.23. The highest BCUT2D eigenvalue weighted by Gasteiger charge is 2.19. The quantitative estimate of drug-likeness (QED) is 0.422. The molecule has 0 aliphatic carbocycles. The Morgan fingerprint density at radius 3 is 2.36 bits per heavy atom. The van der Waals surface area contributed by atoms with Gasteiger partial charge in [-0.15, -0.1) is 17.3 Å². The summed E-state index contributed by atoms with van der Waals surface area (Å²) in [4.78, 5) is 0. The van der Waals surface area contributed by atoms with Crippen LogP contribution in [0.4, 0.5) is 0 Å². The molecule has 3 aromatic rings. The molecule has 2 nitrogen and oxygen atoms in total. The summed E-state index contributed by atoms with van der Waals surface area (Å²) in [7, 11) is -1.25. The molecule has 0 bridgehead atoms. The predicted octanol–water partition coefficient (Wildman–Crippen LogP) is 5.70. The summed E-state index contributed by atoms with van der Waals surface area (Å²) >= 11 is 1.78. The van der Waals surface area contributed by atoms with Crippen molar-refractivity contribution in [3.05, 3.63) is 47.5 Å². The number of nitrogens with zero attached hydrogens (tertiary/aromatic N) is 1. The van der Waals surface area contributed by atoms with Gasteiger partial charge in [0, 0.05) is 25.7 Å². The third-order valence-electron chi connectivity index (χ3n) is 3.90. The highest BCUT2D eigenvalue weighted by atomic mass is 32.2. The van der Waals surface area contributed by atoms with E-state index in [1.54, 1.807) is 11.3 Å². The van der Waals surface area contributed by atoms with Gasteiger partial charge < -0.3 is 0 Å². The number of fused-ring (bicyclic) bond motifs is 3. The largest absolute Gasteiger partial charge is 0.234 e. The zero-order valence-electron chi connectivity index (χ0n) is 15.1. The van der Waals surface area contributed by atoms with Gasteiger partial charge in [-0.2, -0.15) is 4.40 Å². The summed E-state index contributed by atoms with van der Waals surface area (Å²) < 4.78 is 18.8. The number of benzene rings is 2. The van der Waals surface area contributed by atoms with Crippen LogP contribution in [0.1, 0.15) is 45.7 Å². The van der Waals surface area contributed by atoms with Crippen LogP contribution in [-0.2, 0) is 11.0 Å². The van der Waals surface area contributed by atoms with E-state index in [1.807, 2.05) is 34.6 Å². The maximum atomic E-state index is 12.3. The second kappa shape index (κ2) is 6.74. The second-order valence-corrected chi connectivity index (χ2v) is 9.93. The molecule has 1 aromatic heterocycles. The van der Waals surface area contributed by atoms with Crippen LogP contribution < -0.4 is 0 Å². The van der Waals surface area contributed by atoms with Gasteiger partial charge in [-0.25, -0.2) is 4.21 Å². The predicted molar refractivity (Wildman–Crippen MR) is 112 cm³/mol. The molecule has 0 saturated heterocycles. The first-order valence-corrected chi connectivity index (χ1v) is 10.1. The van der Waals surface area contributed by atoms with Crippen molar-refractivity contribution in [2.75, 3.05) is 0 Å². The van der Waals surface area contributed by atoms with Crippen LogP contribution in [-0.4, -0.2) is 14.7 Å². The molecule has 0 amide bonds. The van der Waals surface area contributed by atoms with Crippen LogP contribution in [0.3, 0.4) is 0 Å². The number of rotatable bonds is 2. The van der Waals surface area contributed by atoms with Gasteiger partial charge in [-0.3, -0.25) is 0 Å². The van der Waals surface area contributed by atoms with Gasteiger partial charge in [0.25, 0.3) is 0 Å². The molecule has 0 aliphatic heterocycles. The summed E-state index contributed by atoms with van der Waals surface area (Å²) in [6, 6.07) is 12.7. The highest BCUT2D eigenvalue weighted by molar-refractivity contribution is 7.85. The molecule has 0 fully saturated rings. The first kappa shape index (κ1) is 17.8. The van der Waals surface area contributed by atoms with Crippen LogP contribution in [0.2, 0.25) is 0 Å². The van der Waals surface area contributed by atoms with E-state index in [9.17, 15) is 4.21 Å². The zero-order valence-corrected chi connectivity index (χ0v) is 16.8. The third-order valence-corrected chi connectivity index (χ3v) is 6.54. The van der Waals surface area contributed by atoms with E-state index in [0.29, 0.717) is 0 Å². The summed E-state index contributed by atoms with van der Waals surface area (Å²) in [6.07, 6.45) is 0. The Hall–Kier alpha value is -1.96. The Morgan fingerprint density at radius 2 is 1.72 bits per heavy atom. The first-order chi connectivity index (χ1) is 11.8. The van der Waals surface area contributed by atoms with Crippen LogP contribution in [0.25, 0.3) is 20.2 Å². The molecule has 2 aromatic carbocycles. The Labute approximate surface area is 155 Å². The summed E-state index contributed by atoms with van der Waals surface area (Å²) in [5.41, 5.74) is 2.84. The first-order valence-electron chi connectivity index (χ1n) is 8.16. The maximum absolute atomic E-state index is 12.3. The molecule has 0 unspecified atom stereocenters.